The summed E-state index contributed by atoms with van der Waals surface area (Å²) in [5.74, 6) is 2.24. The monoisotopic (exact) mass is 290 g/mol. The Hall–Kier alpha value is -0.940. The number of hydrogen-bond acceptors (Lipinski definition) is 5. The zero-order valence-corrected chi connectivity index (χ0v) is 12.9. The summed E-state index contributed by atoms with van der Waals surface area (Å²) in [6.45, 7) is 0.739. The van der Waals surface area contributed by atoms with E-state index in [2.05, 4.69) is 17.1 Å². The molecule has 2 aliphatic heterocycles. The molecule has 4 rings (SSSR count). The minimum absolute atomic E-state index is 0.246. The Morgan fingerprint density at radius 2 is 2.00 bits per heavy atom. The number of rotatable bonds is 4. The zero-order valence-electron chi connectivity index (χ0n) is 12.9. The number of hydrogen-bond donors (Lipinski definition) is 1. The average molecular weight is 290 g/mol. The van der Waals surface area contributed by atoms with Gasteiger partial charge < -0.3 is 15.2 Å². The van der Waals surface area contributed by atoms with Gasteiger partial charge in [0.05, 0.1) is 0 Å². The molecule has 0 spiro atoms. The van der Waals surface area contributed by atoms with Gasteiger partial charge in [0, 0.05) is 24.4 Å². The van der Waals surface area contributed by atoms with Crippen LogP contribution in [-0.4, -0.2) is 40.7 Å². The highest BCUT2D eigenvalue weighted by Crippen LogP contribution is 2.44. The van der Waals surface area contributed by atoms with Crippen LogP contribution in [-0.2, 0) is 6.42 Å². The van der Waals surface area contributed by atoms with Crippen molar-refractivity contribution in [1.29, 1.82) is 0 Å². The van der Waals surface area contributed by atoms with E-state index in [9.17, 15) is 0 Å². The average Bonchev–Trinajstić information content (AvgIpc) is 2.96. The second kappa shape index (κ2) is 5.06. The molecule has 3 heterocycles. The van der Waals surface area contributed by atoms with Crippen molar-refractivity contribution in [3.63, 3.8) is 0 Å². The molecule has 2 unspecified atom stereocenters. The molecule has 2 bridgehead atoms. The smallest absolute Gasteiger partial charge is 0.227 e. The van der Waals surface area contributed by atoms with Crippen LogP contribution in [0.25, 0.3) is 0 Å². The van der Waals surface area contributed by atoms with Crippen molar-refractivity contribution >= 4 is 0 Å². The Bertz CT molecular complexity index is 491. The third-order valence-electron chi connectivity index (χ3n) is 6.32. The Balaban J connectivity index is 1.45. The molecule has 2 saturated heterocycles. The fraction of sp³-hybridized carbons (Fsp3) is 0.875. The Morgan fingerprint density at radius 3 is 2.57 bits per heavy atom. The standard InChI is InChI=1S/C16H26N4O/c1-20-12-3-4-13(20)8-11(7-12)15-18-14(21-19-15)9-16(10-17)5-2-6-16/h11-13H,2-10,17H2,1H3. The molecule has 116 valence electrons. The third-order valence-corrected chi connectivity index (χ3v) is 6.32. The van der Waals surface area contributed by atoms with Gasteiger partial charge in [-0.3, -0.25) is 0 Å². The normalized spacial score (nSPS) is 34.9. The van der Waals surface area contributed by atoms with E-state index in [0.29, 0.717) is 5.92 Å². The van der Waals surface area contributed by atoms with Gasteiger partial charge >= 0.3 is 0 Å². The third kappa shape index (κ3) is 2.30. The van der Waals surface area contributed by atoms with Crippen LogP contribution in [0.3, 0.4) is 0 Å². The van der Waals surface area contributed by atoms with Gasteiger partial charge in [-0.15, -0.1) is 0 Å². The summed E-state index contributed by atoms with van der Waals surface area (Å²) in [4.78, 5) is 7.27. The van der Waals surface area contributed by atoms with E-state index in [1.807, 2.05) is 0 Å². The molecule has 1 aliphatic carbocycles. The maximum Gasteiger partial charge on any atom is 0.227 e. The van der Waals surface area contributed by atoms with Gasteiger partial charge in [-0.1, -0.05) is 11.6 Å². The Kier molecular flexibility index (Phi) is 3.30. The van der Waals surface area contributed by atoms with E-state index in [1.54, 1.807) is 0 Å². The second-order valence-electron chi connectivity index (χ2n) is 7.50. The van der Waals surface area contributed by atoms with E-state index in [1.165, 1.54) is 44.9 Å². The summed E-state index contributed by atoms with van der Waals surface area (Å²) in [5.41, 5.74) is 6.18. The first-order valence-electron chi connectivity index (χ1n) is 8.44. The maximum absolute atomic E-state index is 5.93. The molecule has 21 heavy (non-hydrogen) atoms. The molecule has 1 aromatic heterocycles. The van der Waals surface area contributed by atoms with Crippen LogP contribution in [0.4, 0.5) is 0 Å². The molecule has 1 saturated carbocycles. The lowest BCUT2D eigenvalue weighted by Crippen LogP contribution is -2.39. The summed E-state index contributed by atoms with van der Waals surface area (Å²) >= 11 is 0. The molecule has 0 radical (unpaired) electrons. The van der Waals surface area contributed by atoms with Gasteiger partial charge in [0.15, 0.2) is 5.82 Å². The lowest BCUT2D eigenvalue weighted by Gasteiger charge is -2.39. The predicted octanol–water partition coefficient (Wildman–Crippen LogP) is 2.08. The summed E-state index contributed by atoms with van der Waals surface area (Å²) < 4.78 is 5.54. The van der Waals surface area contributed by atoms with Gasteiger partial charge in [0.2, 0.25) is 5.89 Å². The molecule has 0 amide bonds. The van der Waals surface area contributed by atoms with Crippen molar-refractivity contribution in [2.45, 2.75) is 69.4 Å². The summed E-state index contributed by atoms with van der Waals surface area (Å²) in [7, 11) is 2.27. The summed E-state index contributed by atoms with van der Waals surface area (Å²) in [6, 6.07) is 1.44. The second-order valence-corrected chi connectivity index (χ2v) is 7.50. The van der Waals surface area contributed by atoms with Crippen LogP contribution in [0.1, 0.15) is 62.6 Å². The first kappa shape index (κ1) is 13.7. The van der Waals surface area contributed by atoms with Crippen molar-refractivity contribution in [1.82, 2.24) is 15.0 Å². The lowest BCUT2D eigenvalue weighted by molar-refractivity contribution is 0.129. The van der Waals surface area contributed by atoms with Gasteiger partial charge in [-0.25, -0.2) is 0 Å². The molecule has 3 aliphatic rings. The lowest BCUT2D eigenvalue weighted by atomic mass is 9.67. The molecule has 0 aromatic carbocycles. The minimum Gasteiger partial charge on any atom is -0.339 e. The van der Waals surface area contributed by atoms with Crippen molar-refractivity contribution in [3.8, 4) is 0 Å². The van der Waals surface area contributed by atoms with Crippen LogP contribution >= 0.6 is 0 Å². The van der Waals surface area contributed by atoms with Gasteiger partial charge in [0.25, 0.3) is 0 Å². The first-order chi connectivity index (χ1) is 10.2. The number of fused-ring (bicyclic) bond motifs is 2. The van der Waals surface area contributed by atoms with Crippen LogP contribution < -0.4 is 5.73 Å². The highest BCUT2D eigenvalue weighted by molar-refractivity contribution is 5.06. The Labute approximate surface area is 126 Å². The van der Waals surface area contributed by atoms with Crippen molar-refractivity contribution in [3.05, 3.63) is 11.7 Å². The topological polar surface area (TPSA) is 68.2 Å². The van der Waals surface area contributed by atoms with Gasteiger partial charge in [-0.2, -0.15) is 4.98 Å². The number of piperidine rings is 1. The molecular weight excluding hydrogens is 264 g/mol. The molecule has 5 heteroatoms. The van der Waals surface area contributed by atoms with E-state index in [0.717, 1.165) is 36.8 Å². The zero-order chi connectivity index (χ0) is 14.4. The Morgan fingerprint density at radius 1 is 1.29 bits per heavy atom. The van der Waals surface area contributed by atoms with E-state index in [-0.39, 0.29) is 5.41 Å². The van der Waals surface area contributed by atoms with Crippen molar-refractivity contribution in [2.75, 3.05) is 13.6 Å². The fourth-order valence-electron chi connectivity index (χ4n) is 4.58. The highest BCUT2D eigenvalue weighted by Gasteiger charge is 2.41. The van der Waals surface area contributed by atoms with Crippen molar-refractivity contribution < 1.29 is 4.52 Å². The quantitative estimate of drug-likeness (QED) is 0.919. The summed E-state index contributed by atoms with van der Waals surface area (Å²) in [6.07, 6.45) is 9.62. The molecule has 1 aromatic rings. The maximum atomic E-state index is 5.93. The first-order valence-corrected chi connectivity index (χ1v) is 8.44. The van der Waals surface area contributed by atoms with Gasteiger partial charge in [0.1, 0.15) is 0 Å². The van der Waals surface area contributed by atoms with Crippen LogP contribution in [0.15, 0.2) is 4.52 Å². The van der Waals surface area contributed by atoms with Crippen LogP contribution in [0.2, 0.25) is 0 Å². The van der Waals surface area contributed by atoms with E-state index in [4.69, 9.17) is 15.2 Å². The predicted molar refractivity (Wildman–Crippen MR) is 79.9 cm³/mol. The molecule has 2 atom stereocenters. The molecular formula is C16H26N4O. The highest BCUT2D eigenvalue weighted by atomic mass is 16.5. The number of nitrogens with zero attached hydrogens (tertiary/aromatic N) is 3. The van der Waals surface area contributed by atoms with Gasteiger partial charge in [-0.05, 0) is 57.5 Å². The molecule has 5 nitrogen and oxygen atoms in total. The minimum atomic E-state index is 0.246. The molecule has 3 fully saturated rings. The van der Waals surface area contributed by atoms with Crippen LogP contribution in [0.5, 0.6) is 0 Å². The van der Waals surface area contributed by atoms with E-state index >= 15 is 0 Å². The largest absolute Gasteiger partial charge is 0.339 e. The number of nitrogens with two attached hydrogens (primary N) is 1. The van der Waals surface area contributed by atoms with E-state index < -0.39 is 0 Å². The fourth-order valence-corrected chi connectivity index (χ4v) is 4.58. The SMILES string of the molecule is CN1C2CCC1CC(c1noc(CC3(CN)CCC3)n1)C2. The van der Waals surface area contributed by atoms with Crippen LogP contribution in [0, 0.1) is 5.41 Å². The number of aromatic nitrogens is 2. The summed E-state index contributed by atoms with van der Waals surface area (Å²) in [5, 5.41) is 4.29. The van der Waals surface area contributed by atoms with Crippen molar-refractivity contribution in [2.24, 2.45) is 11.1 Å². The molecule has 2 N–H and O–H groups in total.